The average molecular weight is 423 g/mol. The summed E-state index contributed by atoms with van der Waals surface area (Å²) in [6.07, 6.45) is 4.31. The van der Waals surface area contributed by atoms with E-state index in [2.05, 4.69) is 24.3 Å². The molecule has 2 aromatic carbocycles. The van der Waals surface area contributed by atoms with Gasteiger partial charge in [0.15, 0.2) is 16.7 Å². The number of benzene rings is 2. The first-order valence-corrected chi connectivity index (χ1v) is 11.1. The fourth-order valence-corrected chi connectivity index (χ4v) is 4.63. The maximum Gasteiger partial charge on any atom is 0.203 e. The molecule has 0 spiro atoms. The SMILES string of the molecule is COc1cc(-c2nc(SCc3ccccc3)nc3c2CCCC3)cc(OC)c1OC. The van der Waals surface area contributed by atoms with E-state index < -0.39 is 0 Å². The van der Waals surface area contributed by atoms with E-state index in [1.54, 1.807) is 33.1 Å². The number of rotatable bonds is 7. The fourth-order valence-electron chi connectivity index (χ4n) is 3.81. The Labute approximate surface area is 181 Å². The number of hydrogen-bond acceptors (Lipinski definition) is 6. The van der Waals surface area contributed by atoms with Crippen molar-refractivity contribution in [1.29, 1.82) is 0 Å². The molecule has 3 aromatic rings. The third-order valence-corrected chi connectivity index (χ3v) is 6.23. The summed E-state index contributed by atoms with van der Waals surface area (Å²) in [4.78, 5) is 9.88. The number of hydrogen-bond donors (Lipinski definition) is 0. The predicted molar refractivity (Wildman–Crippen MR) is 120 cm³/mol. The van der Waals surface area contributed by atoms with E-state index in [-0.39, 0.29) is 0 Å². The van der Waals surface area contributed by atoms with E-state index in [0.29, 0.717) is 17.2 Å². The molecule has 6 heteroatoms. The lowest BCUT2D eigenvalue weighted by Crippen LogP contribution is -2.10. The van der Waals surface area contributed by atoms with Crippen LogP contribution in [0.2, 0.25) is 0 Å². The van der Waals surface area contributed by atoms with Crippen molar-refractivity contribution < 1.29 is 14.2 Å². The Bertz CT molecular complexity index is 999. The topological polar surface area (TPSA) is 53.5 Å². The summed E-state index contributed by atoms with van der Waals surface area (Å²) in [7, 11) is 4.89. The quantitative estimate of drug-likeness (QED) is 0.378. The Hall–Kier alpha value is -2.73. The van der Waals surface area contributed by atoms with Crippen molar-refractivity contribution >= 4 is 11.8 Å². The summed E-state index contributed by atoms with van der Waals surface area (Å²) in [6, 6.07) is 14.4. The zero-order valence-electron chi connectivity index (χ0n) is 17.6. The molecular formula is C24H26N2O3S. The van der Waals surface area contributed by atoms with Gasteiger partial charge in [-0.2, -0.15) is 0 Å². The normalized spacial score (nSPS) is 12.9. The molecule has 1 aromatic heterocycles. The summed E-state index contributed by atoms with van der Waals surface area (Å²) >= 11 is 1.67. The largest absolute Gasteiger partial charge is 0.493 e. The highest BCUT2D eigenvalue weighted by Gasteiger charge is 2.22. The van der Waals surface area contributed by atoms with Crippen molar-refractivity contribution in [2.24, 2.45) is 0 Å². The Morgan fingerprint density at radius 3 is 2.23 bits per heavy atom. The Morgan fingerprint density at radius 2 is 1.57 bits per heavy atom. The van der Waals surface area contributed by atoms with Gasteiger partial charge >= 0.3 is 0 Å². The minimum absolute atomic E-state index is 0.588. The third kappa shape index (κ3) is 4.24. The lowest BCUT2D eigenvalue weighted by atomic mass is 9.92. The first-order valence-electron chi connectivity index (χ1n) is 10.1. The van der Waals surface area contributed by atoms with Gasteiger partial charge in [-0.05, 0) is 43.4 Å². The summed E-state index contributed by atoms with van der Waals surface area (Å²) < 4.78 is 16.6. The van der Waals surface area contributed by atoms with Crippen molar-refractivity contribution in [3.8, 4) is 28.5 Å². The number of methoxy groups -OCH3 is 3. The van der Waals surface area contributed by atoms with Crippen LogP contribution in [0.4, 0.5) is 0 Å². The van der Waals surface area contributed by atoms with E-state index in [4.69, 9.17) is 24.2 Å². The highest BCUT2D eigenvalue weighted by molar-refractivity contribution is 7.98. The summed E-state index contributed by atoms with van der Waals surface area (Å²) in [5, 5.41) is 0.809. The van der Waals surface area contributed by atoms with Gasteiger partial charge in [0.05, 0.1) is 27.0 Å². The molecule has 0 amide bonds. The second-order valence-electron chi connectivity index (χ2n) is 7.18. The lowest BCUT2D eigenvalue weighted by molar-refractivity contribution is 0.324. The molecule has 0 saturated heterocycles. The third-order valence-electron chi connectivity index (χ3n) is 5.31. The van der Waals surface area contributed by atoms with Crippen molar-refractivity contribution in [2.75, 3.05) is 21.3 Å². The number of aromatic nitrogens is 2. The van der Waals surface area contributed by atoms with Crippen LogP contribution in [-0.4, -0.2) is 31.3 Å². The highest BCUT2D eigenvalue weighted by Crippen LogP contribution is 2.42. The van der Waals surface area contributed by atoms with E-state index in [9.17, 15) is 0 Å². The first kappa shape index (κ1) is 20.5. The van der Waals surface area contributed by atoms with Crippen LogP contribution in [0, 0.1) is 0 Å². The number of nitrogens with zero attached hydrogens (tertiary/aromatic N) is 2. The first-order chi connectivity index (χ1) is 14.7. The Morgan fingerprint density at radius 1 is 0.867 bits per heavy atom. The Kier molecular flexibility index (Phi) is 6.43. The molecular weight excluding hydrogens is 396 g/mol. The van der Waals surface area contributed by atoms with E-state index >= 15 is 0 Å². The van der Waals surface area contributed by atoms with Gasteiger partial charge in [-0.1, -0.05) is 42.1 Å². The van der Waals surface area contributed by atoms with Gasteiger partial charge in [-0.3, -0.25) is 0 Å². The summed E-state index contributed by atoms with van der Waals surface area (Å²) in [5.74, 6) is 2.70. The van der Waals surface area contributed by atoms with Gasteiger partial charge in [0.2, 0.25) is 5.75 Å². The van der Waals surface area contributed by atoms with Crippen molar-refractivity contribution in [2.45, 2.75) is 36.6 Å². The molecule has 30 heavy (non-hydrogen) atoms. The van der Waals surface area contributed by atoms with Crippen LogP contribution in [0.5, 0.6) is 17.2 Å². The van der Waals surface area contributed by atoms with Gasteiger partial charge in [0.1, 0.15) is 0 Å². The number of thioether (sulfide) groups is 1. The monoisotopic (exact) mass is 422 g/mol. The number of aryl methyl sites for hydroxylation is 1. The van der Waals surface area contributed by atoms with Crippen LogP contribution < -0.4 is 14.2 Å². The smallest absolute Gasteiger partial charge is 0.203 e. The molecule has 0 saturated carbocycles. The van der Waals surface area contributed by atoms with Crippen molar-refractivity contribution in [3.05, 3.63) is 59.3 Å². The summed E-state index contributed by atoms with van der Waals surface area (Å²) in [6.45, 7) is 0. The maximum atomic E-state index is 5.57. The van der Waals surface area contributed by atoms with Crippen molar-refractivity contribution in [1.82, 2.24) is 9.97 Å². The summed E-state index contributed by atoms with van der Waals surface area (Å²) in [5.41, 5.74) is 5.59. The number of ether oxygens (including phenoxy) is 3. The molecule has 1 aliphatic carbocycles. The van der Waals surface area contributed by atoms with Gasteiger partial charge < -0.3 is 14.2 Å². The molecule has 0 fully saturated rings. The number of fused-ring (bicyclic) bond motifs is 1. The predicted octanol–water partition coefficient (Wildman–Crippen LogP) is 5.34. The van der Waals surface area contributed by atoms with Gasteiger partial charge in [-0.15, -0.1) is 0 Å². The fraction of sp³-hybridized carbons (Fsp3) is 0.333. The van der Waals surface area contributed by atoms with Crippen molar-refractivity contribution in [3.63, 3.8) is 0 Å². The maximum absolute atomic E-state index is 5.57. The van der Waals surface area contributed by atoms with E-state index in [0.717, 1.165) is 47.1 Å². The molecule has 0 aliphatic heterocycles. The van der Waals surface area contributed by atoms with Gasteiger partial charge in [0.25, 0.3) is 0 Å². The standard InChI is InChI=1S/C24H26N2O3S/c1-27-20-13-17(14-21(28-2)23(20)29-3)22-18-11-7-8-12-19(18)25-24(26-22)30-15-16-9-5-4-6-10-16/h4-6,9-10,13-14H,7-8,11-12,15H2,1-3H3. The van der Waals surface area contributed by atoms with Crippen LogP contribution in [0.1, 0.15) is 29.7 Å². The van der Waals surface area contributed by atoms with Gasteiger partial charge in [-0.25, -0.2) is 9.97 Å². The van der Waals surface area contributed by atoms with Crippen LogP contribution >= 0.6 is 11.8 Å². The highest BCUT2D eigenvalue weighted by atomic mass is 32.2. The molecule has 0 atom stereocenters. The molecule has 156 valence electrons. The van der Waals surface area contributed by atoms with Crippen LogP contribution in [0.3, 0.4) is 0 Å². The molecule has 0 radical (unpaired) electrons. The average Bonchev–Trinajstić information content (AvgIpc) is 2.81. The van der Waals surface area contributed by atoms with E-state index in [1.165, 1.54) is 17.5 Å². The zero-order valence-corrected chi connectivity index (χ0v) is 18.4. The lowest BCUT2D eigenvalue weighted by Gasteiger charge is -2.20. The zero-order chi connectivity index (χ0) is 20.9. The molecule has 0 unspecified atom stereocenters. The minimum Gasteiger partial charge on any atom is -0.493 e. The van der Waals surface area contributed by atoms with Crippen LogP contribution in [-0.2, 0) is 18.6 Å². The Balaban J connectivity index is 1.77. The second-order valence-corrected chi connectivity index (χ2v) is 8.12. The van der Waals surface area contributed by atoms with Gasteiger partial charge in [0, 0.05) is 22.6 Å². The van der Waals surface area contributed by atoms with Crippen LogP contribution in [0.25, 0.3) is 11.3 Å². The molecule has 5 nitrogen and oxygen atoms in total. The second kappa shape index (κ2) is 9.39. The molecule has 0 bridgehead atoms. The minimum atomic E-state index is 0.588. The van der Waals surface area contributed by atoms with Crippen LogP contribution in [0.15, 0.2) is 47.6 Å². The molecule has 0 N–H and O–H groups in total. The molecule has 4 rings (SSSR count). The molecule has 1 aliphatic rings. The molecule has 1 heterocycles. The van der Waals surface area contributed by atoms with E-state index in [1.807, 2.05) is 18.2 Å².